The van der Waals surface area contributed by atoms with Crippen molar-refractivity contribution in [3.05, 3.63) is 29.8 Å². The van der Waals surface area contributed by atoms with Crippen LogP contribution in [0, 0.1) is 0 Å². The molecule has 1 aliphatic rings. The Balaban J connectivity index is 1.72. The van der Waals surface area contributed by atoms with Gasteiger partial charge in [-0.1, -0.05) is 0 Å². The second kappa shape index (κ2) is 9.63. The van der Waals surface area contributed by atoms with E-state index in [9.17, 15) is 14.4 Å². The molecule has 1 unspecified atom stereocenters. The summed E-state index contributed by atoms with van der Waals surface area (Å²) in [5, 5.41) is 2.27. The molecular formula is C17H21NO7. The Bertz CT molecular complexity index is 594. The lowest BCUT2D eigenvalue weighted by Crippen LogP contribution is -2.33. The van der Waals surface area contributed by atoms with E-state index < -0.39 is 24.5 Å². The Morgan fingerprint density at radius 1 is 1.24 bits per heavy atom. The van der Waals surface area contributed by atoms with Crippen molar-refractivity contribution in [2.45, 2.75) is 18.9 Å². The van der Waals surface area contributed by atoms with Crippen LogP contribution >= 0.6 is 0 Å². The van der Waals surface area contributed by atoms with Crippen LogP contribution in [0.1, 0.15) is 23.2 Å². The largest absolute Gasteiger partial charge is 0.491 e. The zero-order valence-corrected chi connectivity index (χ0v) is 14.0. The highest BCUT2D eigenvalue weighted by Gasteiger charge is 2.16. The van der Waals surface area contributed by atoms with E-state index in [1.807, 2.05) is 0 Å². The highest BCUT2D eigenvalue weighted by molar-refractivity contribution is 5.91. The van der Waals surface area contributed by atoms with Gasteiger partial charge in [0.25, 0.3) is 5.91 Å². The predicted octanol–water partition coefficient (Wildman–Crippen LogP) is 0.690. The Morgan fingerprint density at radius 3 is 2.64 bits per heavy atom. The minimum absolute atomic E-state index is 0.119. The second-order valence-electron chi connectivity index (χ2n) is 5.40. The normalized spacial score (nSPS) is 16.1. The molecule has 1 aliphatic heterocycles. The molecule has 8 nitrogen and oxygen atoms in total. The summed E-state index contributed by atoms with van der Waals surface area (Å²) in [6.07, 6.45) is 2.15. The maximum absolute atomic E-state index is 11.9. The van der Waals surface area contributed by atoms with Crippen molar-refractivity contribution in [1.82, 2.24) is 5.32 Å². The summed E-state index contributed by atoms with van der Waals surface area (Å²) in [4.78, 5) is 34.2. The maximum Gasteiger partial charge on any atom is 0.338 e. The standard InChI is InChI=1S/C17H21NO7/c1-22-16(20)9-18-15(19)11-25-17(21)12-4-6-13(7-5-12)24-10-14-3-2-8-23-14/h4-7,14H,2-3,8-11H2,1H3,(H,18,19). The molecule has 1 aromatic carbocycles. The topological polar surface area (TPSA) is 100 Å². The van der Waals surface area contributed by atoms with Gasteiger partial charge in [0.2, 0.25) is 0 Å². The Kier molecular flexibility index (Phi) is 7.21. The monoisotopic (exact) mass is 351 g/mol. The van der Waals surface area contributed by atoms with Crippen LogP contribution in [0.3, 0.4) is 0 Å². The Labute approximate surface area is 145 Å². The summed E-state index contributed by atoms with van der Waals surface area (Å²) in [6, 6.07) is 6.42. The smallest absolute Gasteiger partial charge is 0.338 e. The van der Waals surface area contributed by atoms with Crippen LogP contribution in [0.5, 0.6) is 5.75 Å². The number of carbonyl (C=O) groups is 3. The van der Waals surface area contributed by atoms with Crippen molar-refractivity contribution >= 4 is 17.8 Å². The number of amides is 1. The van der Waals surface area contributed by atoms with Crippen LogP contribution in [0.25, 0.3) is 0 Å². The van der Waals surface area contributed by atoms with E-state index >= 15 is 0 Å². The van der Waals surface area contributed by atoms with Crippen LogP contribution < -0.4 is 10.1 Å². The highest BCUT2D eigenvalue weighted by atomic mass is 16.5. The molecule has 0 radical (unpaired) electrons. The first-order chi connectivity index (χ1) is 12.1. The summed E-state index contributed by atoms with van der Waals surface area (Å²) in [7, 11) is 1.21. The van der Waals surface area contributed by atoms with Gasteiger partial charge in [0.05, 0.1) is 18.8 Å². The van der Waals surface area contributed by atoms with Crippen molar-refractivity contribution < 1.29 is 33.3 Å². The molecule has 1 N–H and O–H groups in total. The van der Waals surface area contributed by atoms with Gasteiger partial charge in [-0.05, 0) is 37.1 Å². The average Bonchev–Trinajstić information content (AvgIpc) is 3.16. The number of hydrogen-bond acceptors (Lipinski definition) is 7. The van der Waals surface area contributed by atoms with Crippen molar-refractivity contribution in [3.8, 4) is 5.75 Å². The van der Waals surface area contributed by atoms with E-state index in [4.69, 9.17) is 14.2 Å². The average molecular weight is 351 g/mol. The zero-order valence-electron chi connectivity index (χ0n) is 14.0. The SMILES string of the molecule is COC(=O)CNC(=O)COC(=O)c1ccc(OCC2CCCO2)cc1. The third-order valence-electron chi connectivity index (χ3n) is 3.54. The summed E-state index contributed by atoms with van der Waals surface area (Å²) in [5.41, 5.74) is 0.297. The molecule has 1 heterocycles. The van der Waals surface area contributed by atoms with E-state index in [1.54, 1.807) is 24.3 Å². The first-order valence-electron chi connectivity index (χ1n) is 7.93. The van der Waals surface area contributed by atoms with Gasteiger partial charge in [-0.25, -0.2) is 4.79 Å². The van der Waals surface area contributed by atoms with Gasteiger partial charge in [0.15, 0.2) is 6.61 Å². The lowest BCUT2D eigenvalue weighted by Gasteiger charge is -2.11. The number of hydrogen-bond donors (Lipinski definition) is 1. The maximum atomic E-state index is 11.9. The van der Waals surface area contributed by atoms with E-state index in [-0.39, 0.29) is 12.6 Å². The molecule has 25 heavy (non-hydrogen) atoms. The van der Waals surface area contributed by atoms with E-state index in [1.165, 1.54) is 7.11 Å². The third-order valence-corrected chi connectivity index (χ3v) is 3.54. The molecule has 0 aliphatic carbocycles. The fourth-order valence-electron chi connectivity index (χ4n) is 2.16. The lowest BCUT2D eigenvalue weighted by atomic mass is 10.2. The predicted molar refractivity (Wildman–Crippen MR) is 86.2 cm³/mol. The van der Waals surface area contributed by atoms with Gasteiger partial charge in [-0.3, -0.25) is 9.59 Å². The number of carbonyl (C=O) groups excluding carboxylic acids is 3. The summed E-state index contributed by atoms with van der Waals surface area (Å²) in [6.45, 7) is 0.493. The van der Waals surface area contributed by atoms with Gasteiger partial charge >= 0.3 is 11.9 Å². The first-order valence-corrected chi connectivity index (χ1v) is 7.93. The molecule has 0 saturated carbocycles. The molecule has 8 heteroatoms. The number of nitrogens with one attached hydrogen (secondary N) is 1. The van der Waals surface area contributed by atoms with Gasteiger partial charge in [-0.15, -0.1) is 0 Å². The van der Waals surface area contributed by atoms with Crippen LogP contribution in [0.2, 0.25) is 0 Å². The van der Waals surface area contributed by atoms with Gasteiger partial charge in [0, 0.05) is 6.61 Å². The molecule has 0 aromatic heterocycles. The number of benzene rings is 1. The van der Waals surface area contributed by atoms with Gasteiger partial charge < -0.3 is 24.3 Å². The molecule has 1 saturated heterocycles. The first kappa shape index (κ1) is 18.7. The summed E-state index contributed by atoms with van der Waals surface area (Å²) < 4.78 is 20.3. The quantitative estimate of drug-likeness (QED) is 0.688. The van der Waals surface area contributed by atoms with Gasteiger partial charge in [0.1, 0.15) is 18.9 Å². The lowest BCUT2D eigenvalue weighted by molar-refractivity contribution is -0.141. The second-order valence-corrected chi connectivity index (χ2v) is 5.40. The molecule has 0 bridgehead atoms. The molecule has 0 spiro atoms. The van der Waals surface area contributed by atoms with Gasteiger partial charge in [-0.2, -0.15) is 0 Å². The summed E-state index contributed by atoms with van der Waals surface area (Å²) in [5.74, 6) is -1.18. The zero-order chi connectivity index (χ0) is 18.1. The fraction of sp³-hybridized carbons (Fsp3) is 0.471. The molecular weight excluding hydrogens is 330 g/mol. The molecule has 1 atom stereocenters. The highest BCUT2D eigenvalue weighted by Crippen LogP contribution is 2.17. The minimum Gasteiger partial charge on any atom is -0.491 e. The Hall–Kier alpha value is -2.61. The van der Waals surface area contributed by atoms with Crippen LogP contribution in [-0.4, -0.2) is 57.4 Å². The summed E-state index contributed by atoms with van der Waals surface area (Å²) >= 11 is 0. The fourth-order valence-corrected chi connectivity index (χ4v) is 2.16. The van der Waals surface area contributed by atoms with E-state index in [0.717, 1.165) is 19.4 Å². The molecule has 2 rings (SSSR count). The van der Waals surface area contributed by atoms with Crippen molar-refractivity contribution in [2.75, 3.05) is 33.5 Å². The number of ether oxygens (including phenoxy) is 4. The molecule has 1 aromatic rings. The van der Waals surface area contributed by atoms with Crippen molar-refractivity contribution in [2.24, 2.45) is 0 Å². The van der Waals surface area contributed by atoms with Crippen molar-refractivity contribution in [3.63, 3.8) is 0 Å². The Morgan fingerprint density at radius 2 is 2.00 bits per heavy atom. The van der Waals surface area contributed by atoms with Crippen LogP contribution in [0.4, 0.5) is 0 Å². The van der Waals surface area contributed by atoms with Crippen LogP contribution in [0.15, 0.2) is 24.3 Å². The molecule has 136 valence electrons. The number of esters is 2. The van der Waals surface area contributed by atoms with E-state index in [2.05, 4.69) is 10.1 Å². The third kappa shape index (κ3) is 6.42. The molecule has 1 amide bonds. The van der Waals surface area contributed by atoms with E-state index in [0.29, 0.717) is 17.9 Å². The number of rotatable bonds is 8. The van der Waals surface area contributed by atoms with Crippen LogP contribution in [-0.2, 0) is 23.8 Å². The molecule has 1 fully saturated rings. The van der Waals surface area contributed by atoms with Crippen molar-refractivity contribution in [1.29, 1.82) is 0 Å². The number of methoxy groups -OCH3 is 1. The minimum atomic E-state index is -0.640.